The van der Waals surface area contributed by atoms with Crippen LogP contribution in [0.5, 0.6) is 11.8 Å². The number of nitrogens with zero attached hydrogens (tertiary/aromatic N) is 2. The summed E-state index contributed by atoms with van der Waals surface area (Å²) in [5.41, 5.74) is 3.09. The van der Waals surface area contributed by atoms with Gasteiger partial charge in [0, 0.05) is 24.4 Å². The highest BCUT2D eigenvalue weighted by molar-refractivity contribution is 6.74. The molecular weight excluding hydrogens is 504 g/mol. The predicted octanol–water partition coefficient (Wildman–Crippen LogP) is 7.09. The van der Waals surface area contributed by atoms with E-state index in [2.05, 4.69) is 38.8 Å². The van der Waals surface area contributed by atoms with Gasteiger partial charge in [0.25, 0.3) is 5.56 Å². The number of hydrogen-bond acceptors (Lipinski definition) is 5. The Kier molecular flexibility index (Phi) is 9.04. The molecule has 0 aliphatic rings. The maximum atomic E-state index is 13.5. The first-order chi connectivity index (χ1) is 18.6. The normalized spacial score (nSPS) is 11.8. The quantitative estimate of drug-likeness (QED) is 0.189. The maximum Gasteiger partial charge on any atom is 0.258 e. The molecule has 0 aliphatic carbocycles. The molecule has 0 fully saturated rings. The van der Waals surface area contributed by atoms with Crippen molar-refractivity contribution < 1.29 is 13.9 Å². The van der Waals surface area contributed by atoms with E-state index >= 15 is 0 Å². The predicted molar refractivity (Wildman–Crippen MR) is 159 cm³/mol. The highest BCUT2D eigenvalue weighted by Crippen LogP contribution is 2.36. The van der Waals surface area contributed by atoms with Crippen LogP contribution in [-0.2, 0) is 24.2 Å². The third-order valence-corrected chi connectivity index (χ3v) is 11.7. The summed E-state index contributed by atoms with van der Waals surface area (Å²) < 4.78 is 20.1. The Labute approximate surface area is 232 Å². The molecule has 0 N–H and O–H groups in total. The lowest BCUT2D eigenvalue weighted by Gasteiger charge is -2.36. The SMILES string of the molecule is CC(C)(C)[Si](C)(C)OCCn1cccc(-c2ccc(OCc3ccccc3)nc2OCc2ccccc2)c1=O. The summed E-state index contributed by atoms with van der Waals surface area (Å²) >= 11 is 0. The fourth-order valence-electron chi connectivity index (χ4n) is 3.81. The van der Waals surface area contributed by atoms with Crippen LogP contribution in [0.15, 0.2) is 95.9 Å². The molecule has 204 valence electrons. The summed E-state index contributed by atoms with van der Waals surface area (Å²) in [6.45, 7) is 12.7. The average Bonchev–Trinajstić information content (AvgIpc) is 2.92. The zero-order chi connectivity index (χ0) is 27.9. The second kappa shape index (κ2) is 12.4. The summed E-state index contributed by atoms with van der Waals surface area (Å²) in [6, 6.07) is 27.1. The van der Waals surface area contributed by atoms with Crippen LogP contribution in [0.25, 0.3) is 11.1 Å². The highest BCUT2D eigenvalue weighted by atomic mass is 28.4. The lowest BCUT2D eigenvalue weighted by molar-refractivity contribution is 0.268. The van der Waals surface area contributed by atoms with Gasteiger partial charge in [0.05, 0.1) is 12.2 Å². The largest absolute Gasteiger partial charge is 0.473 e. The highest BCUT2D eigenvalue weighted by Gasteiger charge is 2.36. The fraction of sp³-hybridized carbons (Fsp3) is 0.312. The minimum atomic E-state index is -1.90. The molecule has 2 heterocycles. The van der Waals surface area contributed by atoms with Crippen molar-refractivity contribution in [3.8, 4) is 22.9 Å². The second-order valence-electron chi connectivity index (χ2n) is 11.1. The maximum absolute atomic E-state index is 13.5. The second-order valence-corrected chi connectivity index (χ2v) is 15.9. The standard InChI is InChI=1S/C32H38N2O4Si/c1-32(2,3)39(4,5)38-22-21-34-20-12-17-28(31(34)35)27-18-19-29(36-23-25-13-8-6-9-14-25)33-30(27)37-24-26-15-10-7-11-16-26/h6-20H,21-24H2,1-5H3. The van der Waals surface area contributed by atoms with E-state index in [1.807, 2.05) is 78.9 Å². The monoisotopic (exact) mass is 542 g/mol. The molecule has 0 unspecified atom stereocenters. The molecule has 0 aliphatic heterocycles. The van der Waals surface area contributed by atoms with Crippen LogP contribution in [0.4, 0.5) is 0 Å². The van der Waals surface area contributed by atoms with Crippen LogP contribution in [0.3, 0.4) is 0 Å². The van der Waals surface area contributed by atoms with Gasteiger partial charge in [0.1, 0.15) is 13.2 Å². The molecular formula is C32H38N2O4Si. The van der Waals surface area contributed by atoms with Gasteiger partial charge >= 0.3 is 0 Å². The van der Waals surface area contributed by atoms with Crippen molar-refractivity contribution in [3.63, 3.8) is 0 Å². The van der Waals surface area contributed by atoms with Crippen molar-refractivity contribution in [2.45, 2.75) is 58.7 Å². The van der Waals surface area contributed by atoms with Crippen molar-refractivity contribution in [2.75, 3.05) is 6.61 Å². The van der Waals surface area contributed by atoms with Crippen LogP contribution in [0, 0.1) is 0 Å². The molecule has 4 aromatic rings. The summed E-state index contributed by atoms with van der Waals surface area (Å²) in [5.74, 6) is 0.793. The third kappa shape index (κ3) is 7.46. The van der Waals surface area contributed by atoms with E-state index in [-0.39, 0.29) is 10.6 Å². The van der Waals surface area contributed by atoms with E-state index in [0.29, 0.717) is 49.3 Å². The van der Waals surface area contributed by atoms with E-state index in [4.69, 9.17) is 13.9 Å². The van der Waals surface area contributed by atoms with Crippen LogP contribution in [0.1, 0.15) is 31.9 Å². The van der Waals surface area contributed by atoms with E-state index in [0.717, 1.165) is 11.1 Å². The first-order valence-corrected chi connectivity index (χ1v) is 16.2. The van der Waals surface area contributed by atoms with Gasteiger partial charge < -0.3 is 18.5 Å². The summed E-state index contributed by atoms with van der Waals surface area (Å²) in [5, 5.41) is 0.112. The number of rotatable bonds is 11. The van der Waals surface area contributed by atoms with Gasteiger partial charge in [-0.05, 0) is 47.5 Å². The number of ether oxygens (including phenoxy) is 2. The van der Waals surface area contributed by atoms with Gasteiger partial charge in [-0.3, -0.25) is 4.79 Å². The van der Waals surface area contributed by atoms with Crippen molar-refractivity contribution in [1.82, 2.24) is 9.55 Å². The number of benzene rings is 2. The first-order valence-electron chi connectivity index (χ1n) is 13.3. The van der Waals surface area contributed by atoms with E-state index in [1.165, 1.54) is 0 Å². The number of aromatic nitrogens is 2. The zero-order valence-corrected chi connectivity index (χ0v) is 24.5. The van der Waals surface area contributed by atoms with Crippen LogP contribution in [0.2, 0.25) is 18.1 Å². The minimum Gasteiger partial charge on any atom is -0.473 e. The average molecular weight is 543 g/mol. The van der Waals surface area contributed by atoms with Crippen LogP contribution >= 0.6 is 0 Å². The molecule has 0 spiro atoms. The molecule has 2 aromatic heterocycles. The molecule has 0 saturated heterocycles. The molecule has 0 amide bonds. The Morgan fingerprint density at radius 3 is 2.00 bits per heavy atom. The van der Waals surface area contributed by atoms with Crippen molar-refractivity contribution >= 4 is 8.32 Å². The lowest BCUT2D eigenvalue weighted by Crippen LogP contribution is -2.41. The van der Waals surface area contributed by atoms with Crippen molar-refractivity contribution in [1.29, 1.82) is 0 Å². The Morgan fingerprint density at radius 1 is 0.769 bits per heavy atom. The minimum absolute atomic E-state index is 0.111. The molecule has 0 radical (unpaired) electrons. The lowest BCUT2D eigenvalue weighted by atomic mass is 10.1. The molecule has 39 heavy (non-hydrogen) atoms. The summed E-state index contributed by atoms with van der Waals surface area (Å²) in [7, 11) is -1.90. The molecule has 2 aromatic carbocycles. The Morgan fingerprint density at radius 2 is 1.38 bits per heavy atom. The smallest absolute Gasteiger partial charge is 0.258 e. The Hall–Kier alpha value is -3.68. The van der Waals surface area contributed by atoms with E-state index < -0.39 is 8.32 Å². The van der Waals surface area contributed by atoms with Crippen LogP contribution < -0.4 is 15.0 Å². The molecule has 0 saturated carbocycles. The van der Waals surface area contributed by atoms with Crippen molar-refractivity contribution in [2.24, 2.45) is 0 Å². The molecule has 6 nitrogen and oxygen atoms in total. The van der Waals surface area contributed by atoms with E-state index in [9.17, 15) is 4.79 Å². The molecule has 0 atom stereocenters. The van der Waals surface area contributed by atoms with Gasteiger partial charge in [0.15, 0.2) is 8.32 Å². The summed E-state index contributed by atoms with van der Waals surface area (Å²) in [6.07, 6.45) is 1.80. The van der Waals surface area contributed by atoms with Gasteiger partial charge in [-0.15, -0.1) is 0 Å². The third-order valence-electron chi connectivity index (χ3n) is 7.19. The topological polar surface area (TPSA) is 62.6 Å². The Bertz CT molecular complexity index is 1410. The van der Waals surface area contributed by atoms with Crippen molar-refractivity contribution in [3.05, 3.63) is 113 Å². The number of hydrogen-bond donors (Lipinski definition) is 0. The van der Waals surface area contributed by atoms with Gasteiger partial charge in [-0.1, -0.05) is 81.4 Å². The molecule has 4 rings (SSSR count). The fourth-order valence-corrected chi connectivity index (χ4v) is 4.84. The number of pyridine rings is 2. The van der Waals surface area contributed by atoms with Gasteiger partial charge in [0.2, 0.25) is 11.8 Å². The van der Waals surface area contributed by atoms with Crippen LogP contribution in [-0.4, -0.2) is 24.5 Å². The zero-order valence-electron chi connectivity index (χ0n) is 23.5. The molecule has 0 bridgehead atoms. The van der Waals surface area contributed by atoms with Gasteiger partial charge in [-0.25, -0.2) is 0 Å². The first kappa shape index (κ1) is 28.3. The Balaban J connectivity index is 1.58. The van der Waals surface area contributed by atoms with E-state index in [1.54, 1.807) is 16.8 Å². The van der Waals surface area contributed by atoms with Gasteiger partial charge in [-0.2, -0.15) is 4.98 Å². The molecule has 7 heteroatoms. The summed E-state index contributed by atoms with van der Waals surface area (Å²) in [4.78, 5) is 18.2.